The fourth-order valence-corrected chi connectivity index (χ4v) is 1.84. The Morgan fingerprint density at radius 2 is 2.00 bits per heavy atom. The van der Waals surface area contributed by atoms with Gasteiger partial charge in [0.05, 0.1) is 12.2 Å². The molecule has 0 aliphatic rings. The van der Waals surface area contributed by atoms with E-state index in [1.165, 1.54) is 5.56 Å². The number of nitrogens with two attached hydrogens (primary N) is 1. The maximum Gasteiger partial charge on any atom is 0.224 e. The van der Waals surface area contributed by atoms with Crippen LogP contribution in [-0.4, -0.2) is 22.4 Å². The van der Waals surface area contributed by atoms with Crippen molar-refractivity contribution in [1.82, 2.24) is 9.97 Å². The summed E-state index contributed by atoms with van der Waals surface area (Å²) in [5.41, 5.74) is 8.13. The predicted octanol–water partition coefficient (Wildman–Crippen LogP) is 2.08. The molecule has 2 heterocycles. The lowest BCUT2D eigenvalue weighted by molar-refractivity contribution is 0.298. The fraction of sp³-hybridized carbons (Fsp3) is 0.267. The maximum atomic E-state index is 7.51. The van der Waals surface area contributed by atoms with Gasteiger partial charge < -0.3 is 10.5 Å². The minimum atomic E-state index is -0.0263. The second-order valence-corrected chi connectivity index (χ2v) is 4.53. The summed E-state index contributed by atoms with van der Waals surface area (Å²) in [7, 11) is 0. The lowest BCUT2D eigenvalue weighted by Gasteiger charge is -2.10. The third-order valence-corrected chi connectivity index (χ3v) is 2.89. The Morgan fingerprint density at radius 3 is 2.70 bits per heavy atom. The van der Waals surface area contributed by atoms with Gasteiger partial charge in [-0.25, -0.2) is 4.98 Å². The number of rotatable bonds is 6. The number of nitrogens with zero attached hydrogens (tertiary/aromatic N) is 2. The van der Waals surface area contributed by atoms with E-state index in [1.54, 1.807) is 18.5 Å². The first-order valence-corrected chi connectivity index (χ1v) is 6.50. The summed E-state index contributed by atoms with van der Waals surface area (Å²) in [5.74, 6) is 0.411. The van der Waals surface area contributed by atoms with Crippen LogP contribution in [0.3, 0.4) is 0 Å². The highest BCUT2D eigenvalue weighted by Crippen LogP contribution is 2.16. The molecule has 2 aromatic rings. The number of aryl methyl sites for hydroxylation is 2. The monoisotopic (exact) mass is 270 g/mol. The van der Waals surface area contributed by atoms with E-state index in [9.17, 15) is 0 Å². The summed E-state index contributed by atoms with van der Waals surface area (Å²) < 4.78 is 5.65. The van der Waals surface area contributed by atoms with E-state index in [1.807, 2.05) is 25.1 Å². The number of nitrogen functional groups attached to an aromatic ring is 1. The van der Waals surface area contributed by atoms with Crippen molar-refractivity contribution in [3.63, 3.8) is 0 Å². The number of pyridine rings is 2. The number of amidine groups is 1. The van der Waals surface area contributed by atoms with Gasteiger partial charge in [-0.05, 0) is 49.6 Å². The average molecular weight is 270 g/mol. The molecule has 0 radical (unpaired) electrons. The molecule has 2 rings (SSSR count). The molecule has 5 heteroatoms. The highest BCUT2D eigenvalue weighted by molar-refractivity contribution is 5.97. The van der Waals surface area contributed by atoms with Gasteiger partial charge in [0.15, 0.2) is 0 Å². The minimum Gasteiger partial charge on any atom is -0.477 e. The van der Waals surface area contributed by atoms with Crippen molar-refractivity contribution in [3.05, 3.63) is 53.5 Å². The zero-order valence-corrected chi connectivity index (χ0v) is 11.5. The predicted molar refractivity (Wildman–Crippen MR) is 78.0 cm³/mol. The number of hydrogen-bond donors (Lipinski definition) is 2. The van der Waals surface area contributed by atoms with Gasteiger partial charge in [0.1, 0.15) is 5.84 Å². The molecule has 3 N–H and O–H groups in total. The van der Waals surface area contributed by atoms with Gasteiger partial charge in [0.2, 0.25) is 5.88 Å². The fourth-order valence-electron chi connectivity index (χ4n) is 1.84. The van der Waals surface area contributed by atoms with Crippen LogP contribution in [0, 0.1) is 12.3 Å². The quantitative estimate of drug-likeness (QED) is 0.478. The zero-order valence-electron chi connectivity index (χ0n) is 11.5. The molecule has 0 saturated heterocycles. The molecule has 0 aliphatic heterocycles. The Morgan fingerprint density at radius 1 is 1.25 bits per heavy atom. The van der Waals surface area contributed by atoms with Crippen LogP contribution in [0.1, 0.15) is 23.2 Å². The molecule has 2 aromatic heterocycles. The second kappa shape index (κ2) is 6.65. The molecule has 0 saturated carbocycles. The first-order valence-electron chi connectivity index (χ1n) is 6.50. The molecule has 0 spiro atoms. The van der Waals surface area contributed by atoms with Crippen LogP contribution in [0.15, 0.2) is 36.7 Å². The zero-order chi connectivity index (χ0) is 14.4. The van der Waals surface area contributed by atoms with Crippen LogP contribution >= 0.6 is 0 Å². The van der Waals surface area contributed by atoms with E-state index in [0.29, 0.717) is 18.1 Å². The van der Waals surface area contributed by atoms with Gasteiger partial charge in [-0.3, -0.25) is 10.4 Å². The molecule has 0 amide bonds. The van der Waals surface area contributed by atoms with Crippen LogP contribution in [-0.2, 0) is 6.42 Å². The Bertz CT molecular complexity index is 584. The van der Waals surface area contributed by atoms with Crippen LogP contribution in [0.25, 0.3) is 0 Å². The van der Waals surface area contributed by atoms with E-state index >= 15 is 0 Å². The standard InChI is InChI=1S/C15H18N4O/c1-11-4-5-13(14(16)17)15(19-11)20-10-2-3-12-6-8-18-9-7-12/h4-9H,2-3,10H2,1H3,(H3,16,17). The van der Waals surface area contributed by atoms with Crippen molar-refractivity contribution in [3.8, 4) is 5.88 Å². The molecule has 0 atom stereocenters. The van der Waals surface area contributed by atoms with E-state index in [4.69, 9.17) is 15.9 Å². The van der Waals surface area contributed by atoms with E-state index < -0.39 is 0 Å². The molecule has 0 bridgehead atoms. The van der Waals surface area contributed by atoms with Crippen molar-refractivity contribution in [1.29, 1.82) is 5.41 Å². The number of hydrogen-bond acceptors (Lipinski definition) is 4. The largest absolute Gasteiger partial charge is 0.477 e. The molecule has 0 aromatic carbocycles. The van der Waals surface area contributed by atoms with Crippen molar-refractivity contribution in [2.75, 3.05) is 6.61 Å². The van der Waals surface area contributed by atoms with Crippen molar-refractivity contribution < 1.29 is 4.74 Å². The molecular formula is C15H18N4O. The molecule has 0 aliphatic carbocycles. The average Bonchev–Trinajstić information content (AvgIpc) is 2.44. The summed E-state index contributed by atoms with van der Waals surface area (Å²) in [6, 6.07) is 7.57. The normalized spacial score (nSPS) is 10.2. The first-order chi connectivity index (χ1) is 9.66. The molecule has 20 heavy (non-hydrogen) atoms. The van der Waals surface area contributed by atoms with Gasteiger partial charge in [-0.1, -0.05) is 0 Å². The summed E-state index contributed by atoms with van der Waals surface area (Å²) in [6.07, 6.45) is 5.36. The Labute approximate surface area is 118 Å². The maximum absolute atomic E-state index is 7.51. The summed E-state index contributed by atoms with van der Waals surface area (Å²) in [4.78, 5) is 8.27. The first kappa shape index (κ1) is 14.0. The number of nitrogens with one attached hydrogen (secondary N) is 1. The van der Waals surface area contributed by atoms with Gasteiger partial charge in [0.25, 0.3) is 0 Å². The molecule has 5 nitrogen and oxygen atoms in total. The van der Waals surface area contributed by atoms with E-state index in [-0.39, 0.29) is 5.84 Å². The van der Waals surface area contributed by atoms with Crippen LogP contribution < -0.4 is 10.5 Å². The van der Waals surface area contributed by atoms with Gasteiger partial charge in [-0.15, -0.1) is 0 Å². The Hall–Kier alpha value is -2.43. The third-order valence-electron chi connectivity index (χ3n) is 2.89. The van der Waals surface area contributed by atoms with Crippen molar-refractivity contribution in [2.45, 2.75) is 19.8 Å². The molecule has 104 valence electrons. The smallest absolute Gasteiger partial charge is 0.224 e. The number of aromatic nitrogens is 2. The lowest BCUT2D eigenvalue weighted by Crippen LogP contribution is -2.15. The van der Waals surface area contributed by atoms with Gasteiger partial charge >= 0.3 is 0 Å². The van der Waals surface area contributed by atoms with Crippen molar-refractivity contribution >= 4 is 5.84 Å². The third kappa shape index (κ3) is 3.78. The summed E-state index contributed by atoms with van der Waals surface area (Å²) >= 11 is 0. The molecule has 0 unspecified atom stereocenters. The van der Waals surface area contributed by atoms with Gasteiger partial charge in [0, 0.05) is 18.1 Å². The molecular weight excluding hydrogens is 252 g/mol. The summed E-state index contributed by atoms with van der Waals surface area (Å²) in [6.45, 7) is 2.42. The number of ether oxygens (including phenoxy) is 1. The minimum absolute atomic E-state index is 0.0263. The van der Waals surface area contributed by atoms with Crippen LogP contribution in [0.2, 0.25) is 0 Å². The SMILES string of the molecule is Cc1ccc(C(=N)N)c(OCCCc2ccncc2)n1. The van der Waals surface area contributed by atoms with Gasteiger partial charge in [-0.2, -0.15) is 0 Å². The second-order valence-electron chi connectivity index (χ2n) is 4.53. The van der Waals surface area contributed by atoms with E-state index in [2.05, 4.69) is 9.97 Å². The molecule has 0 fully saturated rings. The highest BCUT2D eigenvalue weighted by Gasteiger charge is 2.08. The van der Waals surface area contributed by atoms with Crippen LogP contribution in [0.4, 0.5) is 0 Å². The summed E-state index contributed by atoms with van der Waals surface area (Å²) in [5, 5.41) is 7.51. The Balaban J connectivity index is 1.91. The lowest BCUT2D eigenvalue weighted by atomic mass is 10.1. The Kier molecular flexibility index (Phi) is 4.65. The van der Waals surface area contributed by atoms with Crippen LogP contribution in [0.5, 0.6) is 5.88 Å². The highest BCUT2D eigenvalue weighted by atomic mass is 16.5. The van der Waals surface area contributed by atoms with Crippen molar-refractivity contribution in [2.24, 2.45) is 5.73 Å². The van der Waals surface area contributed by atoms with E-state index in [0.717, 1.165) is 18.5 Å². The topological polar surface area (TPSA) is 84.9 Å².